The van der Waals surface area contributed by atoms with Crippen LogP contribution in [0.2, 0.25) is 0 Å². The molecular weight excluding hydrogens is 337 g/mol. The summed E-state index contributed by atoms with van der Waals surface area (Å²) in [6, 6.07) is 8.86. The Morgan fingerprint density at radius 1 is 1.22 bits per heavy atom. The van der Waals surface area contributed by atoms with Crippen LogP contribution in [-0.4, -0.2) is 19.9 Å². The van der Waals surface area contributed by atoms with Gasteiger partial charge in [0, 0.05) is 6.42 Å². The maximum absolute atomic E-state index is 12.2. The summed E-state index contributed by atoms with van der Waals surface area (Å²) in [4.78, 5) is 11.8. The molecule has 126 valence electrons. The molecule has 1 aromatic rings. The van der Waals surface area contributed by atoms with Crippen molar-refractivity contribution in [3.63, 3.8) is 0 Å². The number of rotatable bonds is 5. The second-order valence-corrected chi connectivity index (χ2v) is 6.42. The van der Waals surface area contributed by atoms with Crippen LogP contribution >= 0.6 is 0 Å². The molecule has 0 bridgehead atoms. The zero-order valence-electron chi connectivity index (χ0n) is 11.7. The van der Waals surface area contributed by atoms with Crippen LogP contribution in [0, 0.1) is 5.92 Å². The van der Waals surface area contributed by atoms with Crippen LogP contribution in [0.4, 0.5) is 13.2 Å². The van der Waals surface area contributed by atoms with Crippen molar-refractivity contribution >= 4 is 16.1 Å². The van der Waals surface area contributed by atoms with Gasteiger partial charge in [-0.3, -0.25) is 4.79 Å². The molecule has 1 aliphatic rings. The fraction of sp³-hybridized carbons (Fsp3) is 0.357. The number of hydrogen-bond donors (Lipinski definition) is 0. The molecule has 0 unspecified atom stereocenters. The SMILES string of the molecule is O=C(OCc1ccccc1)[C@H]1CC=C(OS(=O)(=O)C(F)(F)F)C1. The molecule has 1 atom stereocenters. The highest BCUT2D eigenvalue weighted by Gasteiger charge is 2.49. The zero-order chi connectivity index (χ0) is 17.1. The van der Waals surface area contributed by atoms with E-state index in [4.69, 9.17) is 4.74 Å². The molecule has 0 aromatic heterocycles. The number of benzene rings is 1. The van der Waals surface area contributed by atoms with Crippen molar-refractivity contribution in [3.8, 4) is 0 Å². The number of alkyl halides is 3. The van der Waals surface area contributed by atoms with E-state index in [0.29, 0.717) is 0 Å². The second kappa shape index (κ2) is 6.61. The lowest BCUT2D eigenvalue weighted by Gasteiger charge is -2.12. The van der Waals surface area contributed by atoms with E-state index >= 15 is 0 Å². The molecule has 0 radical (unpaired) electrons. The quantitative estimate of drug-likeness (QED) is 0.464. The summed E-state index contributed by atoms with van der Waals surface area (Å²) in [6.45, 7) is 0.0349. The van der Waals surface area contributed by atoms with E-state index in [1.54, 1.807) is 30.3 Å². The lowest BCUT2D eigenvalue weighted by molar-refractivity contribution is -0.149. The zero-order valence-corrected chi connectivity index (χ0v) is 12.6. The third-order valence-electron chi connectivity index (χ3n) is 3.14. The van der Waals surface area contributed by atoms with Gasteiger partial charge in [0.15, 0.2) is 0 Å². The summed E-state index contributed by atoms with van der Waals surface area (Å²) in [5, 5.41) is 0. The van der Waals surface area contributed by atoms with E-state index in [1.807, 2.05) is 0 Å². The summed E-state index contributed by atoms with van der Waals surface area (Å²) in [5.74, 6) is -1.77. The van der Waals surface area contributed by atoms with E-state index in [2.05, 4.69) is 4.18 Å². The average molecular weight is 350 g/mol. The monoisotopic (exact) mass is 350 g/mol. The van der Waals surface area contributed by atoms with E-state index in [9.17, 15) is 26.4 Å². The summed E-state index contributed by atoms with van der Waals surface area (Å²) in [6.07, 6.45) is 0.969. The molecule has 0 amide bonds. The molecule has 9 heteroatoms. The van der Waals surface area contributed by atoms with E-state index < -0.39 is 33.3 Å². The average Bonchev–Trinajstić information content (AvgIpc) is 2.92. The van der Waals surface area contributed by atoms with Crippen LogP contribution in [-0.2, 0) is 30.4 Å². The third kappa shape index (κ3) is 4.47. The van der Waals surface area contributed by atoms with Crippen LogP contribution < -0.4 is 0 Å². The molecule has 0 aliphatic heterocycles. The molecule has 0 saturated heterocycles. The van der Waals surface area contributed by atoms with Crippen molar-refractivity contribution in [2.75, 3.05) is 0 Å². The number of carbonyl (C=O) groups excluding carboxylic acids is 1. The summed E-state index contributed by atoms with van der Waals surface area (Å²) in [7, 11) is -5.71. The van der Waals surface area contributed by atoms with Crippen molar-refractivity contribution in [2.45, 2.75) is 25.0 Å². The largest absolute Gasteiger partial charge is 0.534 e. The molecule has 23 heavy (non-hydrogen) atoms. The lowest BCUT2D eigenvalue weighted by Crippen LogP contribution is -2.25. The van der Waals surface area contributed by atoms with Gasteiger partial charge in [-0.1, -0.05) is 30.3 Å². The van der Waals surface area contributed by atoms with Gasteiger partial charge in [0.2, 0.25) is 0 Å². The maximum Gasteiger partial charge on any atom is 0.534 e. The van der Waals surface area contributed by atoms with Gasteiger partial charge in [-0.25, -0.2) is 0 Å². The van der Waals surface area contributed by atoms with Crippen molar-refractivity contribution in [1.29, 1.82) is 0 Å². The van der Waals surface area contributed by atoms with Gasteiger partial charge >= 0.3 is 21.6 Å². The number of halogens is 3. The second-order valence-electron chi connectivity index (χ2n) is 4.88. The maximum atomic E-state index is 12.2. The Bertz CT molecular complexity index is 695. The number of hydrogen-bond acceptors (Lipinski definition) is 5. The van der Waals surface area contributed by atoms with Crippen LogP contribution in [0.25, 0.3) is 0 Å². The minimum Gasteiger partial charge on any atom is -0.461 e. The minimum atomic E-state index is -5.71. The predicted octanol–water partition coefficient (Wildman–Crippen LogP) is 2.89. The Hall–Kier alpha value is -2.03. The van der Waals surface area contributed by atoms with Crippen LogP contribution in [0.3, 0.4) is 0 Å². The minimum absolute atomic E-state index is 0.0349. The first-order valence-corrected chi connectivity index (χ1v) is 8.00. The highest BCUT2D eigenvalue weighted by Crippen LogP contribution is 2.33. The van der Waals surface area contributed by atoms with Crippen molar-refractivity contribution in [2.24, 2.45) is 5.92 Å². The smallest absolute Gasteiger partial charge is 0.461 e. The van der Waals surface area contributed by atoms with Crippen LogP contribution in [0.15, 0.2) is 42.2 Å². The first-order chi connectivity index (χ1) is 10.7. The Labute approximate surface area is 130 Å². The van der Waals surface area contributed by atoms with Gasteiger partial charge in [0.25, 0.3) is 0 Å². The van der Waals surface area contributed by atoms with Gasteiger partial charge in [-0.2, -0.15) is 21.6 Å². The third-order valence-corrected chi connectivity index (χ3v) is 4.14. The number of esters is 1. The molecule has 2 rings (SSSR count). The number of carbonyl (C=O) groups is 1. The number of allylic oxidation sites excluding steroid dienone is 2. The highest BCUT2D eigenvalue weighted by molar-refractivity contribution is 7.87. The van der Waals surface area contributed by atoms with Crippen molar-refractivity contribution < 1.29 is 35.3 Å². The molecule has 0 N–H and O–H groups in total. The Kier molecular flexibility index (Phi) is 4.98. The summed E-state index contributed by atoms with van der Waals surface area (Å²) < 4.78 is 67.5. The van der Waals surface area contributed by atoms with Gasteiger partial charge in [0.1, 0.15) is 12.4 Å². The summed E-state index contributed by atoms with van der Waals surface area (Å²) >= 11 is 0. The topological polar surface area (TPSA) is 69.7 Å². The molecule has 0 heterocycles. The molecule has 5 nitrogen and oxygen atoms in total. The Balaban J connectivity index is 1.86. The van der Waals surface area contributed by atoms with Gasteiger partial charge in [0.05, 0.1) is 5.92 Å². The fourth-order valence-corrected chi connectivity index (χ4v) is 2.48. The van der Waals surface area contributed by atoms with Gasteiger partial charge in [-0.15, -0.1) is 0 Å². The molecule has 1 aromatic carbocycles. The summed E-state index contributed by atoms with van der Waals surface area (Å²) in [5.41, 5.74) is -4.73. The van der Waals surface area contributed by atoms with Gasteiger partial charge < -0.3 is 8.92 Å². The molecule has 0 saturated carbocycles. The van der Waals surface area contributed by atoms with E-state index in [0.717, 1.165) is 11.6 Å². The van der Waals surface area contributed by atoms with Gasteiger partial charge in [-0.05, 0) is 18.1 Å². The molecule has 1 aliphatic carbocycles. The van der Waals surface area contributed by atoms with Crippen LogP contribution in [0.5, 0.6) is 0 Å². The highest BCUT2D eigenvalue weighted by atomic mass is 32.2. The lowest BCUT2D eigenvalue weighted by atomic mass is 10.1. The fourth-order valence-electron chi connectivity index (χ4n) is 1.97. The standard InChI is InChI=1S/C14H13F3O5S/c15-14(16,17)23(19,20)22-12-7-6-11(8-12)13(18)21-9-10-4-2-1-3-5-10/h1-5,7,11H,6,8-9H2/t11-/m0/s1. The first kappa shape index (κ1) is 17.3. The first-order valence-electron chi connectivity index (χ1n) is 6.59. The molecular formula is C14H13F3O5S. The van der Waals surface area contributed by atoms with Crippen LogP contribution in [0.1, 0.15) is 18.4 Å². The predicted molar refractivity (Wildman–Crippen MR) is 73.1 cm³/mol. The normalized spacial score (nSPS) is 18.4. The van der Waals surface area contributed by atoms with E-state index in [-0.39, 0.29) is 19.4 Å². The number of ether oxygens (including phenoxy) is 1. The van der Waals surface area contributed by atoms with E-state index in [1.165, 1.54) is 0 Å². The molecule has 0 spiro atoms. The Morgan fingerprint density at radius 3 is 2.48 bits per heavy atom. The van der Waals surface area contributed by atoms with Crippen molar-refractivity contribution in [3.05, 3.63) is 47.7 Å². The molecule has 0 fully saturated rings. The van der Waals surface area contributed by atoms with Crippen molar-refractivity contribution in [1.82, 2.24) is 0 Å². The Morgan fingerprint density at radius 2 is 1.87 bits per heavy atom.